The lowest BCUT2D eigenvalue weighted by Gasteiger charge is -2.37. The highest BCUT2D eigenvalue weighted by Gasteiger charge is 2.37. The molecule has 2 fully saturated rings. The summed E-state index contributed by atoms with van der Waals surface area (Å²) in [5, 5.41) is 10.1. The number of rotatable bonds is 8. The van der Waals surface area contributed by atoms with E-state index in [1.165, 1.54) is 12.1 Å². The number of likely N-dealkylation sites (tertiary alicyclic amines) is 1. The van der Waals surface area contributed by atoms with E-state index >= 15 is 4.39 Å². The second-order valence-electron chi connectivity index (χ2n) is 13.2. The molecule has 5 aromatic rings. The summed E-state index contributed by atoms with van der Waals surface area (Å²) in [4.78, 5) is 28.0. The number of hydrogen-bond donors (Lipinski definition) is 1. The van der Waals surface area contributed by atoms with Gasteiger partial charge in [-0.2, -0.15) is 0 Å². The fourth-order valence-electron chi connectivity index (χ4n) is 7.19. The molecule has 0 amide bonds. The van der Waals surface area contributed by atoms with Crippen molar-refractivity contribution >= 4 is 34.6 Å². The quantitative estimate of drug-likeness (QED) is 0.179. The molecule has 0 spiro atoms. The smallest absolute Gasteiger partial charge is 0.354 e. The van der Waals surface area contributed by atoms with Crippen LogP contribution in [0.3, 0.4) is 0 Å². The molecular weight excluding hydrogens is 645 g/mol. The maximum Gasteiger partial charge on any atom is 0.354 e. The summed E-state index contributed by atoms with van der Waals surface area (Å²) in [5.41, 5.74) is 4.32. The van der Waals surface area contributed by atoms with Crippen LogP contribution in [0.4, 0.5) is 4.39 Å². The van der Waals surface area contributed by atoms with Gasteiger partial charge in [-0.25, -0.2) is 19.2 Å². The van der Waals surface area contributed by atoms with E-state index in [0.29, 0.717) is 39.7 Å². The van der Waals surface area contributed by atoms with Gasteiger partial charge in [0.05, 0.1) is 28.9 Å². The Balaban J connectivity index is 1.03. The van der Waals surface area contributed by atoms with Crippen molar-refractivity contribution in [2.75, 3.05) is 19.7 Å². The van der Waals surface area contributed by atoms with E-state index in [1.807, 2.05) is 29.7 Å². The predicted molar refractivity (Wildman–Crippen MR) is 184 cm³/mol. The molecule has 6 heterocycles. The summed E-state index contributed by atoms with van der Waals surface area (Å²) in [5.74, 6) is 0.153. The number of imidazole rings is 1. The summed E-state index contributed by atoms with van der Waals surface area (Å²) in [6, 6.07) is 20.7. The second-order valence-corrected chi connectivity index (χ2v) is 13.6. The van der Waals surface area contributed by atoms with Gasteiger partial charge in [-0.3, -0.25) is 9.88 Å². The highest BCUT2D eigenvalue weighted by molar-refractivity contribution is 6.30. The first-order chi connectivity index (χ1) is 23.8. The lowest BCUT2D eigenvalue weighted by molar-refractivity contribution is -0.0585. The molecule has 9 nitrogen and oxygen atoms in total. The summed E-state index contributed by atoms with van der Waals surface area (Å²) in [7, 11) is 0. The number of benzene rings is 2. The van der Waals surface area contributed by atoms with E-state index in [9.17, 15) is 9.90 Å². The number of fused-ring (bicyclic) bond motifs is 2. The van der Waals surface area contributed by atoms with E-state index in [-0.39, 0.29) is 23.5 Å². The number of ether oxygens (including phenoxy) is 2. The molecule has 3 aromatic heterocycles. The van der Waals surface area contributed by atoms with Gasteiger partial charge in [-0.1, -0.05) is 48.0 Å². The first-order valence-corrected chi connectivity index (χ1v) is 17.0. The molecule has 1 N–H and O–H groups in total. The Labute approximate surface area is 288 Å². The van der Waals surface area contributed by atoms with Crippen molar-refractivity contribution in [3.05, 3.63) is 112 Å². The molecule has 2 atom stereocenters. The van der Waals surface area contributed by atoms with Crippen LogP contribution in [0.1, 0.15) is 65.0 Å². The van der Waals surface area contributed by atoms with Crippen LogP contribution in [0, 0.1) is 0 Å². The zero-order valence-corrected chi connectivity index (χ0v) is 27.7. The maximum atomic E-state index is 15.6. The molecule has 0 radical (unpaired) electrons. The number of carboxylic acid groups (broad SMARTS) is 1. The van der Waals surface area contributed by atoms with Gasteiger partial charge in [0.15, 0.2) is 16.9 Å². The maximum absolute atomic E-state index is 15.6. The summed E-state index contributed by atoms with van der Waals surface area (Å²) >= 11 is 6.07. The first kappa shape index (κ1) is 31.6. The van der Waals surface area contributed by atoms with Crippen molar-refractivity contribution in [1.82, 2.24) is 24.4 Å². The monoisotopic (exact) mass is 679 g/mol. The molecule has 250 valence electrons. The van der Waals surface area contributed by atoms with Gasteiger partial charge in [0.25, 0.3) is 0 Å². The Bertz CT molecular complexity index is 2090. The number of nitrogens with zero attached hydrogens (tertiary/aromatic N) is 5. The van der Waals surface area contributed by atoms with Gasteiger partial charge < -0.3 is 19.1 Å². The van der Waals surface area contributed by atoms with Gasteiger partial charge in [-0.05, 0) is 86.7 Å². The lowest BCUT2D eigenvalue weighted by Crippen LogP contribution is -2.34. The Morgan fingerprint density at radius 3 is 2.55 bits per heavy atom. The minimum absolute atomic E-state index is 0.0130. The number of para-hydroxylation sites is 1. The molecule has 2 aromatic carbocycles. The number of aromatic carboxylic acids is 1. The molecule has 0 unspecified atom stereocenters. The van der Waals surface area contributed by atoms with Crippen molar-refractivity contribution in [3.63, 3.8) is 0 Å². The van der Waals surface area contributed by atoms with E-state index < -0.39 is 11.6 Å². The van der Waals surface area contributed by atoms with Crippen LogP contribution in [-0.2, 0) is 23.4 Å². The normalized spacial score (nSPS) is 21.1. The van der Waals surface area contributed by atoms with Crippen molar-refractivity contribution in [2.45, 2.75) is 56.9 Å². The largest absolute Gasteiger partial charge is 0.477 e. The van der Waals surface area contributed by atoms with E-state index in [0.717, 1.165) is 68.0 Å². The van der Waals surface area contributed by atoms with Gasteiger partial charge in [-0.15, -0.1) is 0 Å². The van der Waals surface area contributed by atoms with Crippen LogP contribution in [0.5, 0.6) is 5.75 Å². The van der Waals surface area contributed by atoms with Gasteiger partial charge in [0.1, 0.15) is 22.9 Å². The van der Waals surface area contributed by atoms with Crippen molar-refractivity contribution in [1.29, 1.82) is 0 Å². The highest BCUT2D eigenvalue weighted by atomic mass is 35.5. The van der Waals surface area contributed by atoms with Crippen molar-refractivity contribution in [3.8, 4) is 17.1 Å². The zero-order chi connectivity index (χ0) is 33.7. The molecule has 0 aliphatic carbocycles. The standard InChI is InChI=1S/C38H35ClFN5O4/c1-38(33-12-9-25(39)20-41-33)19-30(40)29-8-4-7-27(34(29)49-38)23-13-16-44(17-14-23)21-24-5-2-3-6-28(24)35-42-31-10-11-32(37(46)47)43-36(31)45(35)22-26-15-18-48-26/h2-12,19-20,23,26H,13-18,21-22H2,1H3,(H,46,47)/t26-,38+/m0/s1. The molecule has 0 saturated carbocycles. The molecule has 3 aliphatic rings. The first-order valence-electron chi connectivity index (χ1n) is 16.6. The Morgan fingerprint density at radius 2 is 1.82 bits per heavy atom. The summed E-state index contributed by atoms with van der Waals surface area (Å²) in [6.07, 6.45) is 5.80. The average molecular weight is 680 g/mol. The van der Waals surface area contributed by atoms with Crippen molar-refractivity contribution < 1.29 is 23.8 Å². The van der Waals surface area contributed by atoms with Crippen LogP contribution >= 0.6 is 11.6 Å². The molecule has 49 heavy (non-hydrogen) atoms. The third kappa shape index (κ3) is 5.98. The van der Waals surface area contributed by atoms with Crippen LogP contribution in [0.2, 0.25) is 5.02 Å². The van der Waals surface area contributed by atoms with Gasteiger partial charge >= 0.3 is 5.97 Å². The van der Waals surface area contributed by atoms with Gasteiger partial charge in [0, 0.05) is 31.0 Å². The van der Waals surface area contributed by atoms with Crippen LogP contribution in [0.15, 0.2) is 79.0 Å². The number of halogens is 2. The predicted octanol–water partition coefficient (Wildman–Crippen LogP) is 7.63. The number of piperidine rings is 1. The Morgan fingerprint density at radius 1 is 1.02 bits per heavy atom. The zero-order valence-electron chi connectivity index (χ0n) is 27.0. The number of hydrogen-bond acceptors (Lipinski definition) is 7. The van der Waals surface area contributed by atoms with E-state index in [2.05, 4.69) is 33.1 Å². The fourth-order valence-corrected chi connectivity index (χ4v) is 7.30. The topological polar surface area (TPSA) is 103 Å². The third-order valence-electron chi connectivity index (χ3n) is 9.93. The Kier molecular flexibility index (Phi) is 8.18. The molecule has 3 aliphatic heterocycles. The molecule has 0 bridgehead atoms. The highest BCUT2D eigenvalue weighted by Crippen LogP contribution is 2.46. The van der Waals surface area contributed by atoms with Crippen molar-refractivity contribution in [2.24, 2.45) is 0 Å². The van der Waals surface area contributed by atoms with E-state index in [1.54, 1.807) is 30.5 Å². The van der Waals surface area contributed by atoms with Crippen LogP contribution in [0.25, 0.3) is 28.4 Å². The number of carbonyl (C=O) groups is 1. The summed E-state index contributed by atoms with van der Waals surface area (Å²) in [6.45, 7) is 5.53. The minimum Gasteiger partial charge on any atom is -0.477 e. The second kappa shape index (κ2) is 12.7. The minimum atomic E-state index is -1.07. The van der Waals surface area contributed by atoms with Crippen LogP contribution in [-0.4, -0.2) is 61.3 Å². The molecular formula is C38H35ClFN5O4. The molecule has 11 heteroatoms. The van der Waals surface area contributed by atoms with E-state index in [4.69, 9.17) is 26.1 Å². The average Bonchev–Trinajstić information content (AvgIpc) is 3.44. The Hall–Kier alpha value is -4.64. The molecule has 2 saturated heterocycles. The number of aromatic nitrogens is 4. The number of pyridine rings is 2. The third-order valence-corrected chi connectivity index (χ3v) is 10.1. The SMILES string of the molecule is C[C@]1(c2ccc(Cl)cn2)C=C(F)c2cccc(C3CCN(Cc4ccccc4-c4nc5ccc(C(=O)O)nc5n4C[C@@H]4CCO4)CC3)c2O1. The van der Waals surface area contributed by atoms with Gasteiger partial charge in [0.2, 0.25) is 0 Å². The van der Waals surface area contributed by atoms with Crippen LogP contribution < -0.4 is 4.74 Å². The lowest BCUT2D eigenvalue weighted by atomic mass is 9.85. The number of carboxylic acids is 1. The molecule has 8 rings (SSSR count). The summed E-state index contributed by atoms with van der Waals surface area (Å²) < 4.78 is 29.9. The fraction of sp³-hybridized carbons (Fsp3) is 0.316.